The highest BCUT2D eigenvalue weighted by Gasteiger charge is 2.31. The van der Waals surface area contributed by atoms with Crippen LogP contribution in [0, 0.1) is 0 Å². The Kier molecular flexibility index (Phi) is 4.44. The smallest absolute Gasteiger partial charge is 0.245 e. The number of sulfonamides is 1. The van der Waals surface area contributed by atoms with E-state index in [1.807, 2.05) is 6.07 Å². The summed E-state index contributed by atoms with van der Waals surface area (Å²) in [5.74, 6) is 0. The van der Waals surface area contributed by atoms with Gasteiger partial charge in [0, 0.05) is 27.2 Å². The minimum atomic E-state index is -3.46. The van der Waals surface area contributed by atoms with Crippen LogP contribution >= 0.6 is 0 Å². The van der Waals surface area contributed by atoms with Gasteiger partial charge in [-0.2, -0.15) is 4.31 Å². The van der Waals surface area contributed by atoms with Crippen molar-refractivity contribution in [2.75, 3.05) is 32.6 Å². The van der Waals surface area contributed by atoms with Gasteiger partial charge in [0.25, 0.3) is 0 Å². The van der Waals surface area contributed by atoms with E-state index in [1.165, 1.54) is 4.31 Å². The van der Waals surface area contributed by atoms with Crippen molar-refractivity contribution >= 4 is 15.7 Å². The summed E-state index contributed by atoms with van der Waals surface area (Å²) in [7, 11) is -0.105. The molecule has 1 unspecified atom stereocenters. The largest absolute Gasteiger partial charge is 0.387 e. The molecule has 1 atom stereocenters. The summed E-state index contributed by atoms with van der Waals surface area (Å²) >= 11 is 0. The topological polar surface area (TPSA) is 58.6 Å². The lowest BCUT2D eigenvalue weighted by Gasteiger charge is -2.31. The average Bonchev–Trinajstić information content (AvgIpc) is 2.47. The van der Waals surface area contributed by atoms with Gasteiger partial charge in [-0.05, 0) is 25.0 Å². The summed E-state index contributed by atoms with van der Waals surface area (Å²) in [5.41, 5.74) is 0.627. The summed E-state index contributed by atoms with van der Waals surface area (Å²) in [6.45, 7) is 0.983. The number of methoxy groups -OCH3 is 1. The van der Waals surface area contributed by atoms with Crippen molar-refractivity contribution in [3.63, 3.8) is 0 Å². The van der Waals surface area contributed by atoms with Crippen molar-refractivity contribution in [1.29, 1.82) is 0 Å². The molecule has 1 aliphatic rings. The summed E-state index contributed by atoms with van der Waals surface area (Å²) in [6.07, 6.45) is 1.74. The van der Waals surface area contributed by atoms with E-state index in [0.29, 0.717) is 23.7 Å². The van der Waals surface area contributed by atoms with Gasteiger partial charge in [0.1, 0.15) is 4.90 Å². The highest BCUT2D eigenvalue weighted by molar-refractivity contribution is 7.89. The quantitative estimate of drug-likeness (QED) is 0.911. The van der Waals surface area contributed by atoms with Gasteiger partial charge in [0.2, 0.25) is 10.0 Å². The highest BCUT2D eigenvalue weighted by atomic mass is 32.2. The molecule has 19 heavy (non-hydrogen) atoms. The first-order valence-corrected chi connectivity index (χ1v) is 7.83. The van der Waals surface area contributed by atoms with Gasteiger partial charge >= 0.3 is 0 Å². The molecule has 106 valence electrons. The molecular formula is C13H20N2O3S. The zero-order chi connectivity index (χ0) is 13.9. The Morgan fingerprint density at radius 3 is 2.79 bits per heavy atom. The number of nitrogens with one attached hydrogen (secondary N) is 1. The van der Waals surface area contributed by atoms with Crippen LogP contribution < -0.4 is 5.32 Å². The SMILES string of the molecule is CNc1ccccc1S(=O)(=O)N1CCCC(OC)C1. The van der Waals surface area contributed by atoms with Crippen LogP contribution in [0.15, 0.2) is 29.2 Å². The number of ether oxygens (including phenoxy) is 1. The van der Waals surface area contributed by atoms with Crippen molar-refractivity contribution in [2.45, 2.75) is 23.8 Å². The number of nitrogens with zero attached hydrogens (tertiary/aromatic N) is 1. The molecular weight excluding hydrogens is 264 g/mol. The molecule has 1 aromatic carbocycles. The average molecular weight is 284 g/mol. The number of benzene rings is 1. The zero-order valence-electron chi connectivity index (χ0n) is 11.3. The predicted molar refractivity (Wildman–Crippen MR) is 74.8 cm³/mol. The van der Waals surface area contributed by atoms with E-state index in [2.05, 4.69) is 5.32 Å². The van der Waals surface area contributed by atoms with E-state index >= 15 is 0 Å². The predicted octanol–water partition coefficient (Wildman–Crippen LogP) is 1.53. The van der Waals surface area contributed by atoms with Crippen LogP contribution in [0.5, 0.6) is 0 Å². The lowest BCUT2D eigenvalue weighted by Crippen LogP contribution is -2.42. The van der Waals surface area contributed by atoms with Gasteiger partial charge in [-0.3, -0.25) is 0 Å². The minimum Gasteiger partial charge on any atom is -0.387 e. The molecule has 0 spiro atoms. The Bertz CT molecular complexity index is 530. The Balaban J connectivity index is 2.31. The molecule has 6 heteroatoms. The van der Waals surface area contributed by atoms with Crippen molar-refractivity contribution in [1.82, 2.24) is 4.31 Å². The first-order chi connectivity index (χ1) is 9.09. The molecule has 0 amide bonds. The zero-order valence-corrected chi connectivity index (χ0v) is 12.1. The van der Waals surface area contributed by atoms with Crippen LogP contribution in [-0.2, 0) is 14.8 Å². The van der Waals surface area contributed by atoms with Gasteiger partial charge in [0.15, 0.2) is 0 Å². The highest BCUT2D eigenvalue weighted by Crippen LogP contribution is 2.26. The summed E-state index contributed by atoms with van der Waals surface area (Å²) in [5, 5.41) is 2.93. The molecule has 1 heterocycles. The molecule has 0 bridgehead atoms. The first-order valence-electron chi connectivity index (χ1n) is 6.39. The maximum Gasteiger partial charge on any atom is 0.245 e. The molecule has 1 N–H and O–H groups in total. The Morgan fingerprint density at radius 2 is 2.11 bits per heavy atom. The lowest BCUT2D eigenvalue weighted by molar-refractivity contribution is 0.0572. The van der Waals surface area contributed by atoms with Gasteiger partial charge < -0.3 is 10.1 Å². The second-order valence-electron chi connectivity index (χ2n) is 4.61. The summed E-state index contributed by atoms with van der Waals surface area (Å²) in [6, 6.07) is 6.96. The molecule has 5 nitrogen and oxygen atoms in total. The number of hydrogen-bond donors (Lipinski definition) is 1. The molecule has 0 aliphatic carbocycles. The normalized spacial score (nSPS) is 21.3. The number of rotatable bonds is 4. The maximum atomic E-state index is 12.7. The van der Waals surface area contributed by atoms with Crippen LogP contribution in [0.2, 0.25) is 0 Å². The number of hydrogen-bond acceptors (Lipinski definition) is 4. The number of piperidine rings is 1. The van der Waals surface area contributed by atoms with Crippen molar-refractivity contribution in [3.8, 4) is 0 Å². The Hall–Kier alpha value is -1.11. The molecule has 0 saturated carbocycles. The second kappa shape index (κ2) is 5.90. The van der Waals surface area contributed by atoms with E-state index in [9.17, 15) is 8.42 Å². The second-order valence-corrected chi connectivity index (χ2v) is 6.52. The standard InChI is InChI=1S/C13H20N2O3S/c1-14-12-7-3-4-8-13(12)19(16,17)15-9-5-6-11(10-15)18-2/h3-4,7-8,11,14H,5-6,9-10H2,1-2H3. The first kappa shape index (κ1) is 14.3. The third-order valence-corrected chi connectivity index (χ3v) is 5.37. The van der Waals surface area contributed by atoms with Gasteiger partial charge in [-0.15, -0.1) is 0 Å². The van der Waals surface area contributed by atoms with Crippen LogP contribution in [0.25, 0.3) is 0 Å². The number of anilines is 1. The Labute approximate surface area is 114 Å². The molecule has 1 aromatic rings. The number of para-hydroxylation sites is 1. The molecule has 1 fully saturated rings. The van der Waals surface area contributed by atoms with Crippen LogP contribution in [0.1, 0.15) is 12.8 Å². The maximum absolute atomic E-state index is 12.7. The molecule has 0 radical (unpaired) electrons. The van der Waals surface area contributed by atoms with Crippen molar-refractivity contribution in [3.05, 3.63) is 24.3 Å². The fourth-order valence-electron chi connectivity index (χ4n) is 2.35. The lowest BCUT2D eigenvalue weighted by atomic mass is 10.1. The van der Waals surface area contributed by atoms with E-state index in [1.54, 1.807) is 32.4 Å². The van der Waals surface area contributed by atoms with E-state index in [4.69, 9.17) is 4.74 Å². The summed E-state index contributed by atoms with van der Waals surface area (Å²) in [4.78, 5) is 0.328. The van der Waals surface area contributed by atoms with Gasteiger partial charge in [-0.25, -0.2) is 8.42 Å². The molecule has 1 saturated heterocycles. The van der Waals surface area contributed by atoms with E-state index in [0.717, 1.165) is 12.8 Å². The van der Waals surface area contributed by atoms with Crippen LogP contribution in [0.3, 0.4) is 0 Å². The fourth-order valence-corrected chi connectivity index (χ4v) is 4.06. The van der Waals surface area contributed by atoms with Gasteiger partial charge in [0.05, 0.1) is 11.8 Å². The van der Waals surface area contributed by atoms with Crippen molar-refractivity contribution in [2.24, 2.45) is 0 Å². The van der Waals surface area contributed by atoms with E-state index in [-0.39, 0.29) is 6.10 Å². The van der Waals surface area contributed by atoms with Crippen LogP contribution in [-0.4, -0.2) is 46.1 Å². The van der Waals surface area contributed by atoms with Crippen LogP contribution in [0.4, 0.5) is 5.69 Å². The van der Waals surface area contributed by atoms with E-state index < -0.39 is 10.0 Å². The third-order valence-electron chi connectivity index (χ3n) is 3.45. The summed E-state index contributed by atoms with van der Waals surface area (Å²) < 4.78 is 32.1. The molecule has 2 rings (SSSR count). The minimum absolute atomic E-state index is 0.00901. The third kappa shape index (κ3) is 2.91. The van der Waals surface area contributed by atoms with Crippen molar-refractivity contribution < 1.29 is 13.2 Å². The Morgan fingerprint density at radius 1 is 1.37 bits per heavy atom. The molecule has 0 aromatic heterocycles. The monoisotopic (exact) mass is 284 g/mol. The van der Waals surface area contributed by atoms with Gasteiger partial charge in [-0.1, -0.05) is 12.1 Å². The molecule has 1 aliphatic heterocycles. The fraction of sp³-hybridized carbons (Fsp3) is 0.538.